The molecule has 0 aliphatic carbocycles. The number of nitrogens with zero attached hydrogens (tertiary/aromatic N) is 2. The molecule has 0 spiro atoms. The summed E-state index contributed by atoms with van der Waals surface area (Å²) in [5.74, 6) is 0.495. The van der Waals surface area contributed by atoms with E-state index in [-0.39, 0.29) is 0 Å². The second-order valence-electron chi connectivity index (χ2n) is 3.10. The molecule has 0 radical (unpaired) electrons. The zero-order chi connectivity index (χ0) is 8.55. The van der Waals surface area contributed by atoms with E-state index in [2.05, 4.69) is 35.3 Å². The average Bonchev–Trinajstić information content (AvgIpc) is 2.49. The molecule has 12 heavy (non-hydrogen) atoms. The maximum Gasteiger partial charge on any atom is 0.101 e. The molecule has 0 aliphatic rings. The van der Waals surface area contributed by atoms with Crippen LogP contribution < -0.4 is 0 Å². The predicted octanol–water partition coefficient (Wildman–Crippen LogP) is 2.81. The van der Waals surface area contributed by atoms with Crippen molar-refractivity contribution >= 4 is 21.7 Å². The van der Waals surface area contributed by atoms with Crippen LogP contribution in [0.5, 0.6) is 0 Å². The van der Waals surface area contributed by atoms with Gasteiger partial charge in [0.2, 0.25) is 0 Å². The SMILES string of the molecule is CC(C)c1ccc2sncc2n1. The van der Waals surface area contributed by atoms with Crippen LogP contribution in [0.4, 0.5) is 0 Å². The summed E-state index contributed by atoms with van der Waals surface area (Å²) in [5, 5.41) is 0. The largest absolute Gasteiger partial charge is 0.250 e. The summed E-state index contributed by atoms with van der Waals surface area (Å²) in [6.45, 7) is 4.29. The molecule has 62 valence electrons. The van der Waals surface area contributed by atoms with Crippen LogP contribution in [0, 0.1) is 0 Å². The van der Waals surface area contributed by atoms with Crippen LogP contribution in [0.2, 0.25) is 0 Å². The van der Waals surface area contributed by atoms with Crippen LogP contribution >= 0.6 is 11.5 Å². The van der Waals surface area contributed by atoms with Crippen LogP contribution in [0.25, 0.3) is 10.2 Å². The fourth-order valence-electron chi connectivity index (χ4n) is 1.10. The third kappa shape index (κ3) is 1.20. The van der Waals surface area contributed by atoms with Crippen molar-refractivity contribution < 1.29 is 0 Å². The van der Waals surface area contributed by atoms with E-state index in [9.17, 15) is 0 Å². The van der Waals surface area contributed by atoms with E-state index >= 15 is 0 Å². The lowest BCUT2D eigenvalue weighted by atomic mass is 10.1. The highest BCUT2D eigenvalue weighted by atomic mass is 32.1. The molecule has 0 saturated heterocycles. The lowest BCUT2D eigenvalue weighted by molar-refractivity contribution is 0.830. The van der Waals surface area contributed by atoms with E-state index < -0.39 is 0 Å². The maximum absolute atomic E-state index is 4.48. The van der Waals surface area contributed by atoms with E-state index in [0.717, 1.165) is 11.2 Å². The highest BCUT2D eigenvalue weighted by molar-refractivity contribution is 7.13. The van der Waals surface area contributed by atoms with Gasteiger partial charge >= 0.3 is 0 Å². The van der Waals surface area contributed by atoms with Crippen LogP contribution in [-0.4, -0.2) is 9.36 Å². The van der Waals surface area contributed by atoms with Gasteiger partial charge in [0.15, 0.2) is 0 Å². The Hall–Kier alpha value is -0.960. The van der Waals surface area contributed by atoms with Gasteiger partial charge in [0.05, 0.1) is 10.9 Å². The molecule has 0 atom stereocenters. The van der Waals surface area contributed by atoms with Gasteiger partial charge < -0.3 is 0 Å². The minimum atomic E-state index is 0.495. The Balaban J connectivity index is 2.60. The first kappa shape index (κ1) is 7.68. The minimum Gasteiger partial charge on any atom is -0.250 e. The molecule has 2 heterocycles. The molecule has 2 nitrogen and oxygen atoms in total. The van der Waals surface area contributed by atoms with Crippen molar-refractivity contribution in [2.45, 2.75) is 19.8 Å². The minimum absolute atomic E-state index is 0.495. The van der Waals surface area contributed by atoms with Gasteiger partial charge in [-0.3, -0.25) is 0 Å². The van der Waals surface area contributed by atoms with E-state index in [1.54, 1.807) is 0 Å². The second kappa shape index (κ2) is 2.83. The van der Waals surface area contributed by atoms with Crippen molar-refractivity contribution in [3.05, 3.63) is 24.0 Å². The topological polar surface area (TPSA) is 25.8 Å². The molecular weight excluding hydrogens is 168 g/mol. The first-order valence-electron chi connectivity index (χ1n) is 3.98. The highest BCUT2D eigenvalue weighted by Gasteiger charge is 2.02. The summed E-state index contributed by atoms with van der Waals surface area (Å²) in [4.78, 5) is 4.48. The molecule has 0 amide bonds. The molecule has 2 aromatic rings. The Morgan fingerprint density at radius 1 is 1.33 bits per heavy atom. The molecule has 0 N–H and O–H groups in total. The molecule has 2 aromatic heterocycles. The highest BCUT2D eigenvalue weighted by Crippen LogP contribution is 2.19. The zero-order valence-corrected chi connectivity index (χ0v) is 7.93. The molecule has 0 bridgehead atoms. The average molecular weight is 178 g/mol. The van der Waals surface area contributed by atoms with Crippen molar-refractivity contribution in [2.75, 3.05) is 0 Å². The number of aromatic nitrogens is 2. The van der Waals surface area contributed by atoms with Gasteiger partial charge in [-0.2, -0.15) is 4.37 Å². The second-order valence-corrected chi connectivity index (χ2v) is 3.93. The Morgan fingerprint density at radius 2 is 2.17 bits per heavy atom. The first-order chi connectivity index (χ1) is 5.77. The van der Waals surface area contributed by atoms with Gasteiger partial charge in [-0.15, -0.1) is 0 Å². The number of hydrogen-bond acceptors (Lipinski definition) is 3. The third-order valence-electron chi connectivity index (χ3n) is 1.83. The van der Waals surface area contributed by atoms with Crippen molar-refractivity contribution in [3.8, 4) is 0 Å². The summed E-state index contributed by atoms with van der Waals surface area (Å²) < 4.78 is 5.25. The summed E-state index contributed by atoms with van der Waals surface area (Å²) in [6, 6.07) is 4.17. The lowest BCUT2D eigenvalue weighted by Crippen LogP contribution is -1.90. The van der Waals surface area contributed by atoms with Crippen molar-refractivity contribution in [1.82, 2.24) is 9.36 Å². The number of fused-ring (bicyclic) bond motifs is 1. The monoisotopic (exact) mass is 178 g/mol. The van der Waals surface area contributed by atoms with Gasteiger partial charge in [-0.1, -0.05) is 13.8 Å². The standard InChI is InChI=1S/C9H10N2S/c1-6(2)7-3-4-9-8(11-7)5-10-12-9/h3-6H,1-2H3. The number of hydrogen-bond donors (Lipinski definition) is 0. The van der Waals surface area contributed by atoms with Crippen LogP contribution in [0.3, 0.4) is 0 Å². The maximum atomic E-state index is 4.48. The molecule has 0 saturated carbocycles. The number of rotatable bonds is 1. The van der Waals surface area contributed by atoms with Gasteiger partial charge in [0.1, 0.15) is 5.52 Å². The van der Waals surface area contributed by atoms with Crippen LogP contribution in [-0.2, 0) is 0 Å². The van der Waals surface area contributed by atoms with Gasteiger partial charge in [-0.25, -0.2) is 4.98 Å². The summed E-state index contributed by atoms with van der Waals surface area (Å²) in [6.07, 6.45) is 1.83. The zero-order valence-electron chi connectivity index (χ0n) is 7.11. The van der Waals surface area contributed by atoms with Crippen LogP contribution in [0.15, 0.2) is 18.3 Å². The van der Waals surface area contributed by atoms with E-state index in [1.807, 2.05) is 6.20 Å². The Kier molecular flexibility index (Phi) is 1.81. The van der Waals surface area contributed by atoms with Gasteiger partial charge in [-0.05, 0) is 29.6 Å². The molecular formula is C9H10N2S. The summed E-state index contributed by atoms with van der Waals surface area (Å²) >= 11 is 1.50. The molecule has 2 rings (SSSR count). The summed E-state index contributed by atoms with van der Waals surface area (Å²) in [5.41, 5.74) is 2.16. The predicted molar refractivity (Wildman–Crippen MR) is 51.5 cm³/mol. The van der Waals surface area contributed by atoms with Crippen molar-refractivity contribution in [3.63, 3.8) is 0 Å². The Bertz CT molecular complexity index is 392. The first-order valence-corrected chi connectivity index (χ1v) is 4.76. The Morgan fingerprint density at radius 3 is 2.92 bits per heavy atom. The van der Waals surface area contributed by atoms with Crippen LogP contribution in [0.1, 0.15) is 25.5 Å². The van der Waals surface area contributed by atoms with E-state index in [0.29, 0.717) is 5.92 Å². The van der Waals surface area contributed by atoms with Crippen molar-refractivity contribution in [1.29, 1.82) is 0 Å². The van der Waals surface area contributed by atoms with Gasteiger partial charge in [0, 0.05) is 5.69 Å². The molecule has 0 unspecified atom stereocenters. The smallest absolute Gasteiger partial charge is 0.101 e. The fourth-order valence-corrected chi connectivity index (χ4v) is 1.69. The van der Waals surface area contributed by atoms with E-state index in [4.69, 9.17) is 0 Å². The normalized spacial score (nSPS) is 11.2. The van der Waals surface area contributed by atoms with Gasteiger partial charge in [0.25, 0.3) is 0 Å². The molecule has 0 fully saturated rings. The number of pyridine rings is 1. The molecule has 3 heteroatoms. The Labute approximate surface area is 75.4 Å². The molecule has 0 aliphatic heterocycles. The quantitative estimate of drug-likeness (QED) is 0.671. The van der Waals surface area contributed by atoms with Crippen molar-refractivity contribution in [2.24, 2.45) is 0 Å². The summed E-state index contributed by atoms with van der Waals surface area (Å²) in [7, 11) is 0. The lowest BCUT2D eigenvalue weighted by Gasteiger charge is -2.02. The fraction of sp³-hybridized carbons (Fsp3) is 0.333. The third-order valence-corrected chi connectivity index (χ3v) is 2.58. The molecule has 0 aromatic carbocycles. The van der Waals surface area contributed by atoms with E-state index in [1.165, 1.54) is 16.2 Å².